The number of carbonyl (C=O) groups is 1. The Hall–Kier alpha value is -1.97. The third-order valence-electron chi connectivity index (χ3n) is 5.92. The van der Waals surface area contributed by atoms with Gasteiger partial charge in [-0.3, -0.25) is 14.6 Å². The Kier molecular flexibility index (Phi) is 5.42. The summed E-state index contributed by atoms with van der Waals surface area (Å²) in [5.74, 6) is 1.47. The number of hydrogen-bond donors (Lipinski definition) is 0. The maximum Gasteiger partial charge on any atom is 0.229 e. The van der Waals surface area contributed by atoms with Gasteiger partial charge in [-0.25, -0.2) is 0 Å². The van der Waals surface area contributed by atoms with E-state index in [1.165, 1.54) is 32.1 Å². The molecule has 27 heavy (non-hydrogen) atoms. The fraction of sp³-hybridized carbons (Fsp3) is 0.524. The van der Waals surface area contributed by atoms with Crippen LogP contribution < -0.4 is 4.74 Å². The van der Waals surface area contributed by atoms with Crippen molar-refractivity contribution in [3.05, 3.63) is 40.4 Å². The largest absolute Gasteiger partial charge is 0.496 e. The second kappa shape index (κ2) is 7.95. The topological polar surface area (TPSA) is 56.6 Å². The van der Waals surface area contributed by atoms with Gasteiger partial charge < -0.3 is 4.74 Å². The van der Waals surface area contributed by atoms with Crippen LogP contribution in [-0.2, 0) is 4.79 Å². The van der Waals surface area contributed by atoms with Gasteiger partial charge in [-0.2, -0.15) is 5.26 Å². The van der Waals surface area contributed by atoms with Gasteiger partial charge in [0.05, 0.1) is 36.3 Å². The van der Waals surface area contributed by atoms with Crippen LogP contribution in [0.5, 0.6) is 5.75 Å². The number of ether oxygens (including phenoxy) is 1. The van der Waals surface area contributed by atoms with E-state index in [4.69, 9.17) is 4.74 Å². The van der Waals surface area contributed by atoms with Gasteiger partial charge in [0.1, 0.15) is 5.75 Å². The van der Waals surface area contributed by atoms with Crippen molar-refractivity contribution in [2.75, 3.05) is 19.7 Å². The van der Waals surface area contributed by atoms with Gasteiger partial charge in [0, 0.05) is 23.9 Å². The first-order chi connectivity index (χ1) is 13.2. The minimum Gasteiger partial charge on any atom is -0.496 e. The van der Waals surface area contributed by atoms with Crippen molar-refractivity contribution in [1.82, 2.24) is 9.80 Å². The van der Waals surface area contributed by atoms with E-state index in [-0.39, 0.29) is 11.8 Å². The van der Waals surface area contributed by atoms with Gasteiger partial charge in [0.2, 0.25) is 5.91 Å². The second-order valence-electron chi connectivity index (χ2n) is 7.45. The molecule has 4 rings (SSSR count). The van der Waals surface area contributed by atoms with Crippen molar-refractivity contribution in [3.63, 3.8) is 0 Å². The smallest absolute Gasteiger partial charge is 0.229 e. The molecule has 1 atom stereocenters. The van der Waals surface area contributed by atoms with Crippen molar-refractivity contribution >= 4 is 17.7 Å². The summed E-state index contributed by atoms with van der Waals surface area (Å²) in [6.45, 7) is 0.621. The van der Waals surface area contributed by atoms with Crippen LogP contribution in [0.15, 0.2) is 34.9 Å². The SMILES string of the molecule is COc1ccccc1C1CC(=O)N2CN(C3CCCCC3)CSC2=C1C#N. The number of rotatable bonds is 3. The lowest BCUT2D eigenvalue weighted by molar-refractivity contribution is -0.132. The first-order valence-electron chi connectivity index (χ1n) is 9.67. The molecule has 0 aromatic heterocycles. The number of hydrogen-bond acceptors (Lipinski definition) is 5. The summed E-state index contributed by atoms with van der Waals surface area (Å²) in [6, 6.07) is 10.7. The highest BCUT2D eigenvalue weighted by atomic mass is 32.2. The molecule has 0 radical (unpaired) electrons. The molecular formula is C21H25N3O2S. The van der Waals surface area contributed by atoms with Crippen molar-refractivity contribution in [1.29, 1.82) is 5.26 Å². The molecule has 5 nitrogen and oxygen atoms in total. The van der Waals surface area contributed by atoms with E-state index in [9.17, 15) is 10.1 Å². The lowest BCUT2D eigenvalue weighted by Gasteiger charge is -2.44. The van der Waals surface area contributed by atoms with Gasteiger partial charge in [0.15, 0.2) is 0 Å². The van der Waals surface area contributed by atoms with Crippen LogP contribution in [-0.4, -0.2) is 41.4 Å². The van der Waals surface area contributed by atoms with Crippen molar-refractivity contribution < 1.29 is 9.53 Å². The van der Waals surface area contributed by atoms with Crippen molar-refractivity contribution in [2.45, 2.75) is 50.5 Å². The fourth-order valence-corrected chi connectivity index (χ4v) is 5.71. The van der Waals surface area contributed by atoms with E-state index in [1.54, 1.807) is 18.9 Å². The first kappa shape index (κ1) is 18.4. The third kappa shape index (κ3) is 3.46. The Bertz CT molecular complexity index is 795. The Labute approximate surface area is 165 Å². The van der Waals surface area contributed by atoms with Crippen LogP contribution >= 0.6 is 11.8 Å². The summed E-state index contributed by atoms with van der Waals surface area (Å²) in [7, 11) is 1.63. The third-order valence-corrected chi connectivity index (χ3v) is 7.09. The van der Waals surface area contributed by atoms with Crippen molar-refractivity contribution in [2.24, 2.45) is 0 Å². The Balaban J connectivity index is 1.64. The van der Waals surface area contributed by atoms with E-state index >= 15 is 0 Å². The van der Waals surface area contributed by atoms with Crippen LogP contribution in [0.25, 0.3) is 0 Å². The average Bonchev–Trinajstić information content (AvgIpc) is 2.74. The number of amides is 1. The number of nitrogens with zero attached hydrogens (tertiary/aromatic N) is 3. The van der Waals surface area contributed by atoms with Gasteiger partial charge in [-0.15, -0.1) is 0 Å². The number of fused-ring (bicyclic) bond motifs is 1. The second-order valence-corrected chi connectivity index (χ2v) is 8.38. The highest BCUT2D eigenvalue weighted by Gasteiger charge is 2.40. The van der Waals surface area contributed by atoms with E-state index in [0.717, 1.165) is 22.2 Å². The minimum absolute atomic E-state index is 0.105. The molecule has 1 aliphatic carbocycles. The molecule has 3 aliphatic rings. The zero-order chi connectivity index (χ0) is 18.8. The van der Waals surface area contributed by atoms with Crippen LogP contribution in [0.1, 0.15) is 50.0 Å². The summed E-state index contributed by atoms with van der Waals surface area (Å²) in [5.41, 5.74) is 1.62. The zero-order valence-corrected chi connectivity index (χ0v) is 16.5. The molecular weight excluding hydrogens is 358 g/mol. The Morgan fingerprint density at radius 3 is 2.74 bits per heavy atom. The molecule has 1 unspecified atom stereocenters. The molecule has 1 aromatic rings. The average molecular weight is 384 g/mol. The minimum atomic E-state index is -0.223. The van der Waals surface area contributed by atoms with E-state index in [1.807, 2.05) is 29.2 Å². The van der Waals surface area contributed by atoms with Crippen molar-refractivity contribution in [3.8, 4) is 11.8 Å². The standard InChI is InChI=1S/C21H25N3O2S/c1-26-19-10-6-5-9-16(19)17-11-20(25)24-13-23(15-7-3-2-4-8-15)14-27-21(24)18(17)12-22/h5-6,9-10,15,17H,2-4,7-8,11,13-14H2,1H3. The molecule has 6 heteroatoms. The van der Waals surface area contributed by atoms with E-state index < -0.39 is 0 Å². The number of carbonyl (C=O) groups excluding carboxylic acids is 1. The molecule has 0 N–H and O–H groups in total. The number of methoxy groups -OCH3 is 1. The van der Waals surface area contributed by atoms with Crippen LogP contribution in [0.4, 0.5) is 0 Å². The zero-order valence-electron chi connectivity index (χ0n) is 15.7. The molecule has 2 fully saturated rings. The summed E-state index contributed by atoms with van der Waals surface area (Å²) < 4.78 is 5.49. The Morgan fingerprint density at radius 2 is 2.00 bits per heavy atom. The predicted molar refractivity (Wildman–Crippen MR) is 106 cm³/mol. The number of nitriles is 1. The van der Waals surface area contributed by atoms with Gasteiger partial charge in [-0.1, -0.05) is 49.2 Å². The molecule has 1 aromatic carbocycles. The molecule has 2 aliphatic heterocycles. The summed E-state index contributed by atoms with van der Waals surface area (Å²) in [4.78, 5) is 17.3. The van der Waals surface area contributed by atoms with Crippen LogP contribution in [0, 0.1) is 11.3 Å². The molecule has 0 spiro atoms. The Morgan fingerprint density at radius 1 is 1.22 bits per heavy atom. The molecule has 2 heterocycles. The summed E-state index contributed by atoms with van der Waals surface area (Å²) >= 11 is 1.64. The summed E-state index contributed by atoms with van der Waals surface area (Å²) in [5, 5.41) is 10.8. The molecule has 0 bridgehead atoms. The van der Waals surface area contributed by atoms with E-state index in [0.29, 0.717) is 24.7 Å². The number of allylic oxidation sites excluding steroid dienone is 1. The number of benzene rings is 1. The normalized spacial score (nSPS) is 24.5. The maximum atomic E-state index is 13.0. The molecule has 1 saturated heterocycles. The lowest BCUT2D eigenvalue weighted by atomic mass is 9.86. The monoisotopic (exact) mass is 383 g/mol. The maximum absolute atomic E-state index is 13.0. The van der Waals surface area contributed by atoms with Crippen LogP contribution in [0.3, 0.4) is 0 Å². The number of para-hydroxylation sites is 1. The van der Waals surface area contributed by atoms with Gasteiger partial charge in [-0.05, 0) is 18.9 Å². The summed E-state index contributed by atoms with van der Waals surface area (Å²) in [6.07, 6.45) is 6.65. The molecule has 1 amide bonds. The predicted octanol–water partition coefficient (Wildman–Crippen LogP) is 4.04. The first-order valence-corrected chi connectivity index (χ1v) is 10.7. The highest BCUT2D eigenvalue weighted by molar-refractivity contribution is 8.03. The van der Waals surface area contributed by atoms with Gasteiger partial charge in [0.25, 0.3) is 0 Å². The number of thioether (sulfide) groups is 1. The molecule has 142 valence electrons. The quantitative estimate of drug-likeness (QED) is 0.788. The molecule has 1 saturated carbocycles. The van der Waals surface area contributed by atoms with Gasteiger partial charge >= 0.3 is 0 Å². The van der Waals surface area contributed by atoms with E-state index in [2.05, 4.69) is 11.0 Å². The lowest BCUT2D eigenvalue weighted by Crippen LogP contribution is -2.51. The van der Waals surface area contributed by atoms with Crippen LogP contribution in [0.2, 0.25) is 0 Å². The highest BCUT2D eigenvalue weighted by Crippen LogP contribution is 2.45. The fourth-order valence-electron chi connectivity index (χ4n) is 4.47.